The standard InChI is InChI=1S/C15H14ClN3O2/c1-10-7-14-17-12(8-15(20)19(14)21-10)9-18(2)13-5-3-11(16)4-6-13/h3-8H,9H2,1-2H3. The third-order valence-corrected chi connectivity index (χ3v) is 3.44. The molecule has 0 spiro atoms. The lowest BCUT2D eigenvalue weighted by molar-refractivity contribution is 0.344. The number of nitrogens with zero attached hydrogens (tertiary/aromatic N) is 3. The van der Waals surface area contributed by atoms with Crippen molar-refractivity contribution in [2.24, 2.45) is 0 Å². The first kappa shape index (κ1) is 13.7. The predicted octanol–water partition coefficient (Wildman–Crippen LogP) is 2.89. The number of anilines is 1. The van der Waals surface area contributed by atoms with Crippen LogP contribution in [-0.4, -0.2) is 16.6 Å². The van der Waals surface area contributed by atoms with Crippen molar-refractivity contribution in [3.63, 3.8) is 0 Å². The molecule has 0 amide bonds. The zero-order chi connectivity index (χ0) is 15.0. The highest BCUT2D eigenvalue weighted by atomic mass is 35.5. The smallest absolute Gasteiger partial charge is 0.287 e. The van der Waals surface area contributed by atoms with Crippen molar-refractivity contribution >= 4 is 22.9 Å². The van der Waals surface area contributed by atoms with Gasteiger partial charge in [-0.15, -0.1) is 4.57 Å². The fourth-order valence-corrected chi connectivity index (χ4v) is 2.31. The summed E-state index contributed by atoms with van der Waals surface area (Å²) in [7, 11) is 1.94. The summed E-state index contributed by atoms with van der Waals surface area (Å²) < 4.78 is 6.47. The zero-order valence-electron chi connectivity index (χ0n) is 11.7. The normalized spacial score (nSPS) is 11.0. The fourth-order valence-electron chi connectivity index (χ4n) is 2.18. The van der Waals surface area contributed by atoms with Crippen LogP contribution in [0.4, 0.5) is 5.69 Å². The van der Waals surface area contributed by atoms with Crippen LogP contribution in [0.1, 0.15) is 11.5 Å². The lowest BCUT2D eigenvalue weighted by atomic mass is 10.3. The minimum atomic E-state index is -0.215. The molecular weight excluding hydrogens is 290 g/mol. The SMILES string of the molecule is Cc1cc2nc(CN(C)c3ccc(Cl)cc3)cc(=O)n2o1. The number of aryl methyl sites for hydroxylation is 1. The highest BCUT2D eigenvalue weighted by Gasteiger charge is 2.09. The van der Waals surface area contributed by atoms with Crippen molar-refractivity contribution in [3.8, 4) is 0 Å². The van der Waals surface area contributed by atoms with Crippen molar-refractivity contribution in [1.29, 1.82) is 0 Å². The quantitative estimate of drug-likeness (QED) is 0.746. The molecule has 5 nitrogen and oxygen atoms in total. The Labute approximate surface area is 126 Å². The third kappa shape index (κ3) is 2.78. The molecule has 0 saturated carbocycles. The fraction of sp³-hybridized carbons (Fsp3) is 0.200. The van der Waals surface area contributed by atoms with Gasteiger partial charge in [-0.1, -0.05) is 11.6 Å². The lowest BCUT2D eigenvalue weighted by Crippen LogP contribution is -2.20. The molecule has 108 valence electrons. The maximum atomic E-state index is 12.0. The molecule has 3 rings (SSSR count). The van der Waals surface area contributed by atoms with Crippen molar-refractivity contribution in [2.45, 2.75) is 13.5 Å². The number of rotatable bonds is 3. The number of hydrogen-bond donors (Lipinski definition) is 0. The van der Waals surface area contributed by atoms with Crippen LogP contribution in [0.3, 0.4) is 0 Å². The highest BCUT2D eigenvalue weighted by molar-refractivity contribution is 6.30. The van der Waals surface area contributed by atoms with E-state index in [9.17, 15) is 4.79 Å². The van der Waals surface area contributed by atoms with Crippen molar-refractivity contribution in [2.75, 3.05) is 11.9 Å². The molecule has 2 heterocycles. The van der Waals surface area contributed by atoms with Crippen molar-refractivity contribution < 1.29 is 4.52 Å². The molecule has 0 bridgehead atoms. The lowest BCUT2D eigenvalue weighted by Gasteiger charge is -2.18. The average Bonchev–Trinajstić information content (AvgIpc) is 2.80. The molecule has 21 heavy (non-hydrogen) atoms. The maximum Gasteiger partial charge on any atom is 0.287 e. The first-order valence-electron chi connectivity index (χ1n) is 6.49. The summed E-state index contributed by atoms with van der Waals surface area (Å²) in [4.78, 5) is 18.4. The Hall–Kier alpha value is -2.27. The van der Waals surface area contributed by atoms with Gasteiger partial charge in [0.15, 0.2) is 5.65 Å². The maximum absolute atomic E-state index is 12.0. The number of halogens is 1. The van der Waals surface area contributed by atoms with E-state index in [-0.39, 0.29) is 5.56 Å². The van der Waals surface area contributed by atoms with E-state index >= 15 is 0 Å². The Morgan fingerprint density at radius 3 is 2.71 bits per heavy atom. The summed E-state index contributed by atoms with van der Waals surface area (Å²) in [6.07, 6.45) is 0. The zero-order valence-corrected chi connectivity index (χ0v) is 12.5. The molecule has 6 heteroatoms. The van der Waals surface area contributed by atoms with E-state index in [1.807, 2.05) is 36.2 Å². The molecule has 0 saturated heterocycles. The summed E-state index contributed by atoms with van der Waals surface area (Å²) >= 11 is 5.88. The van der Waals surface area contributed by atoms with Crippen LogP contribution in [0.2, 0.25) is 5.02 Å². The van der Waals surface area contributed by atoms with Crippen LogP contribution in [0, 0.1) is 6.92 Å². The number of aromatic nitrogens is 2. The minimum absolute atomic E-state index is 0.215. The molecule has 0 aliphatic heterocycles. The molecule has 0 atom stereocenters. The van der Waals surface area contributed by atoms with Gasteiger partial charge in [-0.2, -0.15) is 0 Å². The van der Waals surface area contributed by atoms with Gasteiger partial charge in [0.1, 0.15) is 5.76 Å². The first-order chi connectivity index (χ1) is 10.0. The predicted molar refractivity (Wildman–Crippen MR) is 82.0 cm³/mol. The Kier molecular flexibility index (Phi) is 3.43. The first-order valence-corrected chi connectivity index (χ1v) is 6.87. The van der Waals surface area contributed by atoms with Gasteiger partial charge in [0.2, 0.25) is 0 Å². The van der Waals surface area contributed by atoms with Gasteiger partial charge < -0.3 is 9.42 Å². The van der Waals surface area contributed by atoms with Gasteiger partial charge in [-0.3, -0.25) is 4.79 Å². The Balaban J connectivity index is 1.90. The van der Waals surface area contributed by atoms with E-state index in [4.69, 9.17) is 16.1 Å². The second-order valence-corrected chi connectivity index (χ2v) is 5.35. The van der Waals surface area contributed by atoms with Gasteiger partial charge in [-0.05, 0) is 31.2 Å². The van der Waals surface area contributed by atoms with Crippen molar-refractivity contribution in [1.82, 2.24) is 9.56 Å². The summed E-state index contributed by atoms with van der Waals surface area (Å²) in [6.45, 7) is 2.31. The number of hydrogen-bond acceptors (Lipinski definition) is 4. The average molecular weight is 304 g/mol. The van der Waals surface area contributed by atoms with E-state index in [0.717, 1.165) is 5.69 Å². The van der Waals surface area contributed by atoms with E-state index in [0.29, 0.717) is 28.7 Å². The second kappa shape index (κ2) is 5.26. The molecule has 0 radical (unpaired) electrons. The van der Waals surface area contributed by atoms with E-state index in [1.54, 1.807) is 13.0 Å². The molecule has 0 aliphatic rings. The van der Waals surface area contributed by atoms with Crippen LogP contribution in [0.5, 0.6) is 0 Å². The molecule has 1 aromatic carbocycles. The monoisotopic (exact) mass is 303 g/mol. The molecule has 3 aromatic rings. The summed E-state index contributed by atoms with van der Waals surface area (Å²) in [5.41, 5.74) is 2.01. The third-order valence-electron chi connectivity index (χ3n) is 3.19. The molecular formula is C15H14ClN3O2. The Bertz CT molecular complexity index is 836. The van der Waals surface area contributed by atoms with E-state index in [2.05, 4.69) is 4.98 Å². The van der Waals surface area contributed by atoms with E-state index < -0.39 is 0 Å². The van der Waals surface area contributed by atoms with Gasteiger partial charge in [-0.25, -0.2) is 4.98 Å². The molecule has 0 unspecified atom stereocenters. The van der Waals surface area contributed by atoms with Crippen molar-refractivity contribution in [3.05, 3.63) is 63.2 Å². The molecule has 0 aliphatic carbocycles. The largest absolute Gasteiger partial charge is 0.375 e. The van der Waals surface area contributed by atoms with Gasteiger partial charge in [0.05, 0.1) is 12.2 Å². The van der Waals surface area contributed by atoms with Crippen LogP contribution in [-0.2, 0) is 6.54 Å². The Morgan fingerprint density at radius 1 is 1.29 bits per heavy atom. The molecule has 0 N–H and O–H groups in total. The van der Waals surface area contributed by atoms with Crippen LogP contribution < -0.4 is 10.5 Å². The summed E-state index contributed by atoms with van der Waals surface area (Å²) in [5.74, 6) is 0.655. The van der Waals surface area contributed by atoms with Crippen LogP contribution >= 0.6 is 11.6 Å². The second-order valence-electron chi connectivity index (χ2n) is 4.92. The molecule has 2 aromatic heterocycles. The van der Waals surface area contributed by atoms with Crippen LogP contribution in [0.15, 0.2) is 45.7 Å². The molecule has 0 fully saturated rings. The summed E-state index contributed by atoms with van der Waals surface area (Å²) in [6, 6.07) is 10.7. The van der Waals surface area contributed by atoms with Gasteiger partial charge in [0.25, 0.3) is 5.56 Å². The highest BCUT2D eigenvalue weighted by Crippen LogP contribution is 2.18. The van der Waals surface area contributed by atoms with Gasteiger partial charge >= 0.3 is 0 Å². The Morgan fingerprint density at radius 2 is 2.00 bits per heavy atom. The van der Waals surface area contributed by atoms with Crippen LogP contribution in [0.25, 0.3) is 5.65 Å². The topological polar surface area (TPSA) is 50.8 Å². The minimum Gasteiger partial charge on any atom is -0.375 e. The number of benzene rings is 1. The van der Waals surface area contributed by atoms with E-state index in [1.165, 1.54) is 10.6 Å². The summed E-state index contributed by atoms with van der Waals surface area (Å²) in [5, 5.41) is 0.693. The van der Waals surface area contributed by atoms with Gasteiger partial charge in [0, 0.05) is 29.9 Å². The number of fused-ring (bicyclic) bond motifs is 1.